The molecule has 0 saturated carbocycles. The lowest BCUT2D eigenvalue weighted by atomic mass is 10.9. The van der Waals surface area contributed by atoms with E-state index in [1.54, 1.807) is 0 Å². The molecule has 0 aromatic heterocycles. The molecule has 7 heavy (non-hydrogen) atoms. The third kappa shape index (κ3) is 0.992. The van der Waals surface area contributed by atoms with Gasteiger partial charge in [0, 0.05) is 19.4 Å². The molecule has 1 heterocycles. The number of nitrogens with zero attached hydrogens (tertiary/aromatic N) is 1. The van der Waals surface area contributed by atoms with E-state index in [2.05, 4.69) is 32.8 Å². The van der Waals surface area contributed by atoms with Crippen molar-refractivity contribution >= 4 is 22.6 Å². The van der Waals surface area contributed by atoms with E-state index >= 15 is 0 Å². The van der Waals surface area contributed by atoms with Gasteiger partial charge in [-0.1, -0.05) is 0 Å². The number of hydrogen-bond donors (Lipinski definition) is 1. The molecule has 0 spiro atoms. The lowest BCUT2D eigenvalue weighted by Crippen LogP contribution is -2.24. The van der Waals surface area contributed by atoms with Gasteiger partial charge in [-0.3, -0.25) is 0 Å². The normalized spacial score (nSPS) is 28.3. The first-order chi connectivity index (χ1) is 3.30. The van der Waals surface area contributed by atoms with Crippen LogP contribution in [0.4, 0.5) is 0 Å². The Kier molecular flexibility index (Phi) is 1.41. The molecule has 0 amide bonds. The molecule has 1 unspecified atom stereocenters. The Balaban J connectivity index is 2.45. The Bertz CT molecular complexity index is 91.7. The van der Waals surface area contributed by atoms with Gasteiger partial charge >= 0.3 is 0 Å². The quantitative estimate of drug-likeness (QED) is 0.360. The summed E-state index contributed by atoms with van der Waals surface area (Å²) >= 11 is 2.31. The van der Waals surface area contributed by atoms with Crippen molar-refractivity contribution in [2.24, 2.45) is 0 Å². The van der Waals surface area contributed by atoms with Gasteiger partial charge in [0.05, 0.1) is 0 Å². The van der Waals surface area contributed by atoms with Crippen LogP contribution in [0.5, 0.6) is 0 Å². The molecule has 2 nitrogen and oxygen atoms in total. The lowest BCUT2D eigenvalue weighted by Gasteiger charge is -2.12. The average molecular weight is 210 g/mol. The fourth-order valence-corrected chi connectivity index (χ4v) is 0.826. The van der Waals surface area contributed by atoms with Crippen molar-refractivity contribution in [3.8, 4) is 0 Å². The van der Waals surface area contributed by atoms with Crippen molar-refractivity contribution in [3.63, 3.8) is 0 Å². The fraction of sp³-hybridized carbons (Fsp3) is 0.500. The summed E-state index contributed by atoms with van der Waals surface area (Å²) in [5, 5.41) is 3.10. The zero-order chi connectivity index (χ0) is 5.28. The van der Waals surface area contributed by atoms with Crippen molar-refractivity contribution in [1.29, 1.82) is 0 Å². The monoisotopic (exact) mass is 210 g/mol. The number of halogens is 1. The van der Waals surface area contributed by atoms with Crippen molar-refractivity contribution < 1.29 is 0 Å². The summed E-state index contributed by atoms with van der Waals surface area (Å²) in [7, 11) is 2.04. The summed E-state index contributed by atoms with van der Waals surface area (Å²) in [5.41, 5.74) is 0. The SMILES string of the molecule is CN1C=CNC1I. The van der Waals surface area contributed by atoms with Crippen LogP contribution >= 0.6 is 22.6 Å². The number of nitrogens with one attached hydrogen (secondary N) is 1. The third-order valence-electron chi connectivity index (χ3n) is 0.901. The Morgan fingerprint density at radius 3 is 2.71 bits per heavy atom. The predicted octanol–water partition coefficient (Wildman–Crippen LogP) is 0.711. The van der Waals surface area contributed by atoms with E-state index in [9.17, 15) is 0 Å². The summed E-state index contributed by atoms with van der Waals surface area (Å²) in [6.07, 6.45) is 3.95. The second-order valence-electron chi connectivity index (χ2n) is 1.48. The van der Waals surface area contributed by atoms with Crippen LogP contribution in [0.2, 0.25) is 0 Å². The maximum Gasteiger partial charge on any atom is 0.151 e. The Hall–Kier alpha value is 0.0700. The molecule has 1 N–H and O–H groups in total. The smallest absolute Gasteiger partial charge is 0.151 e. The van der Waals surface area contributed by atoms with Crippen LogP contribution in [0.15, 0.2) is 12.4 Å². The molecule has 40 valence electrons. The molecule has 0 aliphatic carbocycles. The maximum atomic E-state index is 3.10. The van der Waals surface area contributed by atoms with Gasteiger partial charge < -0.3 is 10.2 Å². The number of hydrogen-bond acceptors (Lipinski definition) is 2. The Morgan fingerprint density at radius 1 is 1.86 bits per heavy atom. The maximum absolute atomic E-state index is 3.10. The van der Waals surface area contributed by atoms with Gasteiger partial charge in [0.15, 0.2) is 4.17 Å². The van der Waals surface area contributed by atoms with Gasteiger partial charge in [-0.05, 0) is 22.6 Å². The zero-order valence-corrected chi connectivity index (χ0v) is 6.21. The van der Waals surface area contributed by atoms with Crippen LogP contribution in [0, 0.1) is 0 Å². The zero-order valence-electron chi connectivity index (χ0n) is 4.06. The molecule has 1 aliphatic rings. The van der Waals surface area contributed by atoms with Crippen LogP contribution in [-0.2, 0) is 0 Å². The predicted molar refractivity (Wildman–Crippen MR) is 37.8 cm³/mol. The number of alkyl halides is 1. The highest BCUT2D eigenvalue weighted by molar-refractivity contribution is 14.1. The van der Waals surface area contributed by atoms with Crippen molar-refractivity contribution in [1.82, 2.24) is 10.2 Å². The molecule has 3 heteroatoms. The first-order valence-corrected chi connectivity index (χ1v) is 3.34. The second-order valence-corrected chi connectivity index (χ2v) is 2.66. The summed E-state index contributed by atoms with van der Waals surface area (Å²) in [6, 6.07) is 0. The second kappa shape index (κ2) is 1.90. The minimum absolute atomic E-state index is 0.456. The summed E-state index contributed by atoms with van der Waals surface area (Å²) < 4.78 is 0.456. The highest BCUT2D eigenvalue weighted by atomic mass is 127. The van der Waals surface area contributed by atoms with E-state index in [-0.39, 0.29) is 0 Å². The van der Waals surface area contributed by atoms with Gasteiger partial charge in [-0.15, -0.1) is 0 Å². The van der Waals surface area contributed by atoms with Crippen LogP contribution in [0.1, 0.15) is 0 Å². The first-order valence-electron chi connectivity index (χ1n) is 2.09. The van der Waals surface area contributed by atoms with Crippen molar-refractivity contribution in [2.75, 3.05) is 7.05 Å². The van der Waals surface area contributed by atoms with Crippen LogP contribution in [0.3, 0.4) is 0 Å². The molecule has 1 atom stereocenters. The molecule has 0 aromatic rings. The van der Waals surface area contributed by atoms with Crippen LogP contribution in [0.25, 0.3) is 0 Å². The number of rotatable bonds is 0. The van der Waals surface area contributed by atoms with Crippen molar-refractivity contribution in [3.05, 3.63) is 12.4 Å². The van der Waals surface area contributed by atoms with E-state index in [1.807, 2.05) is 19.4 Å². The summed E-state index contributed by atoms with van der Waals surface area (Å²) in [5.74, 6) is 0. The average Bonchev–Trinajstić information content (AvgIpc) is 1.91. The van der Waals surface area contributed by atoms with Gasteiger partial charge in [-0.25, -0.2) is 0 Å². The molecule has 0 bridgehead atoms. The van der Waals surface area contributed by atoms with E-state index in [0.29, 0.717) is 4.17 Å². The van der Waals surface area contributed by atoms with Gasteiger partial charge in [0.2, 0.25) is 0 Å². The van der Waals surface area contributed by atoms with Crippen LogP contribution in [-0.4, -0.2) is 16.1 Å². The Morgan fingerprint density at radius 2 is 2.57 bits per heavy atom. The fourth-order valence-electron chi connectivity index (χ4n) is 0.433. The molecule has 1 rings (SSSR count). The highest BCUT2D eigenvalue weighted by Gasteiger charge is 2.07. The topological polar surface area (TPSA) is 15.3 Å². The van der Waals surface area contributed by atoms with E-state index < -0.39 is 0 Å². The van der Waals surface area contributed by atoms with Gasteiger partial charge in [-0.2, -0.15) is 0 Å². The summed E-state index contributed by atoms with van der Waals surface area (Å²) in [6.45, 7) is 0. The van der Waals surface area contributed by atoms with E-state index in [4.69, 9.17) is 0 Å². The van der Waals surface area contributed by atoms with E-state index in [1.165, 1.54) is 0 Å². The van der Waals surface area contributed by atoms with Gasteiger partial charge in [0.1, 0.15) is 0 Å². The van der Waals surface area contributed by atoms with E-state index in [0.717, 1.165) is 0 Å². The molecule has 0 fully saturated rings. The molecule has 1 aliphatic heterocycles. The molecule has 0 radical (unpaired) electrons. The highest BCUT2D eigenvalue weighted by Crippen LogP contribution is 2.06. The standard InChI is InChI=1S/C4H7IN2/c1-7-3-2-6-4(7)5/h2-4,6H,1H3. The molecule has 0 aromatic carbocycles. The third-order valence-corrected chi connectivity index (χ3v) is 2.14. The molecule has 0 saturated heterocycles. The van der Waals surface area contributed by atoms with Gasteiger partial charge in [0.25, 0.3) is 0 Å². The molecular weight excluding hydrogens is 203 g/mol. The van der Waals surface area contributed by atoms with Crippen molar-refractivity contribution in [2.45, 2.75) is 4.17 Å². The summed E-state index contributed by atoms with van der Waals surface area (Å²) in [4.78, 5) is 2.10. The minimum atomic E-state index is 0.456. The Labute approximate surface area is 56.7 Å². The minimum Gasteiger partial charge on any atom is -0.362 e. The largest absolute Gasteiger partial charge is 0.362 e. The van der Waals surface area contributed by atoms with Crippen LogP contribution < -0.4 is 5.32 Å². The molecular formula is C4H7IN2. The first kappa shape index (κ1) is 5.21. The lowest BCUT2D eigenvalue weighted by molar-refractivity contribution is 0.454.